The summed E-state index contributed by atoms with van der Waals surface area (Å²) in [4.78, 5) is 23.4. The van der Waals surface area contributed by atoms with Crippen molar-refractivity contribution in [3.05, 3.63) is 33.9 Å². The van der Waals surface area contributed by atoms with Crippen molar-refractivity contribution < 1.29 is 9.72 Å². The molecular formula is C14H19N3O3S. The summed E-state index contributed by atoms with van der Waals surface area (Å²) in [6, 6.07) is 4.73. The third-order valence-electron chi connectivity index (χ3n) is 3.74. The van der Waals surface area contributed by atoms with Gasteiger partial charge < -0.3 is 10.6 Å². The number of hydrogen-bond donors (Lipinski definition) is 2. The van der Waals surface area contributed by atoms with Crippen molar-refractivity contribution in [1.29, 1.82) is 0 Å². The summed E-state index contributed by atoms with van der Waals surface area (Å²) in [5.41, 5.74) is 0.318. The Labute approximate surface area is 127 Å². The summed E-state index contributed by atoms with van der Waals surface area (Å²) in [5.74, 6) is 0.104. The monoisotopic (exact) mass is 309 g/mol. The van der Waals surface area contributed by atoms with Crippen molar-refractivity contribution in [3.63, 3.8) is 0 Å². The number of nitro benzene ring substituents is 1. The lowest BCUT2D eigenvalue weighted by molar-refractivity contribution is -0.387. The SMILES string of the molecule is CSc1ccc(C(=O)NC2CCNCC2C)cc1[N+](=O)[O-]. The first kappa shape index (κ1) is 15.8. The van der Waals surface area contributed by atoms with Gasteiger partial charge in [-0.05, 0) is 43.8 Å². The Morgan fingerprint density at radius 1 is 1.52 bits per heavy atom. The number of nitrogens with one attached hydrogen (secondary N) is 2. The molecule has 1 aromatic rings. The fourth-order valence-corrected chi connectivity index (χ4v) is 3.00. The molecule has 2 rings (SSSR count). The van der Waals surface area contributed by atoms with Crippen molar-refractivity contribution in [2.75, 3.05) is 19.3 Å². The Morgan fingerprint density at radius 2 is 2.29 bits per heavy atom. The Kier molecular flexibility index (Phi) is 5.19. The van der Waals surface area contributed by atoms with E-state index >= 15 is 0 Å². The van der Waals surface area contributed by atoms with Crippen LogP contribution in [0.5, 0.6) is 0 Å². The first-order valence-electron chi connectivity index (χ1n) is 6.87. The highest BCUT2D eigenvalue weighted by molar-refractivity contribution is 7.98. The molecule has 2 atom stereocenters. The van der Waals surface area contributed by atoms with E-state index in [0.717, 1.165) is 19.5 Å². The van der Waals surface area contributed by atoms with Gasteiger partial charge in [-0.2, -0.15) is 0 Å². The smallest absolute Gasteiger partial charge is 0.283 e. The van der Waals surface area contributed by atoms with Crippen LogP contribution in [-0.2, 0) is 0 Å². The molecule has 0 bridgehead atoms. The van der Waals surface area contributed by atoms with Crippen LogP contribution in [0.25, 0.3) is 0 Å². The van der Waals surface area contributed by atoms with Crippen LogP contribution in [-0.4, -0.2) is 36.2 Å². The number of carbonyl (C=O) groups excluding carboxylic acids is 1. The minimum absolute atomic E-state index is 0.0199. The zero-order valence-corrected chi connectivity index (χ0v) is 12.9. The molecule has 2 N–H and O–H groups in total. The summed E-state index contributed by atoms with van der Waals surface area (Å²) < 4.78 is 0. The summed E-state index contributed by atoms with van der Waals surface area (Å²) in [6.07, 6.45) is 2.65. The van der Waals surface area contributed by atoms with Crippen LogP contribution in [0.3, 0.4) is 0 Å². The Morgan fingerprint density at radius 3 is 2.90 bits per heavy atom. The molecule has 0 aliphatic carbocycles. The highest BCUT2D eigenvalue weighted by Crippen LogP contribution is 2.28. The van der Waals surface area contributed by atoms with Crippen LogP contribution < -0.4 is 10.6 Å². The molecule has 114 valence electrons. The van der Waals surface area contributed by atoms with E-state index < -0.39 is 4.92 Å². The van der Waals surface area contributed by atoms with E-state index in [1.165, 1.54) is 17.8 Å². The first-order valence-corrected chi connectivity index (χ1v) is 8.09. The van der Waals surface area contributed by atoms with E-state index in [9.17, 15) is 14.9 Å². The van der Waals surface area contributed by atoms with Crippen LogP contribution in [0, 0.1) is 16.0 Å². The molecule has 1 aliphatic heterocycles. The molecule has 1 aliphatic rings. The van der Waals surface area contributed by atoms with E-state index in [2.05, 4.69) is 17.6 Å². The van der Waals surface area contributed by atoms with Crippen LogP contribution in [0.4, 0.5) is 5.69 Å². The minimum atomic E-state index is -0.449. The molecule has 1 aromatic carbocycles. The summed E-state index contributed by atoms with van der Waals surface area (Å²) in [5, 5.41) is 17.3. The first-order chi connectivity index (χ1) is 10.0. The predicted molar refractivity (Wildman–Crippen MR) is 82.8 cm³/mol. The van der Waals surface area contributed by atoms with Gasteiger partial charge in [-0.25, -0.2) is 0 Å². The Hall–Kier alpha value is -1.60. The lowest BCUT2D eigenvalue weighted by Crippen LogP contribution is -2.48. The van der Waals surface area contributed by atoms with Gasteiger partial charge in [-0.15, -0.1) is 11.8 Å². The molecule has 0 radical (unpaired) electrons. The standard InChI is InChI=1S/C14H19N3O3S/c1-9-8-15-6-5-11(9)16-14(18)10-3-4-13(21-2)12(7-10)17(19)20/h3-4,7,9,11,15H,5-6,8H2,1-2H3,(H,16,18). The van der Waals surface area contributed by atoms with E-state index in [0.29, 0.717) is 16.4 Å². The normalized spacial score (nSPS) is 21.8. The molecule has 1 fully saturated rings. The molecule has 0 aromatic heterocycles. The highest BCUT2D eigenvalue weighted by atomic mass is 32.2. The molecular weight excluding hydrogens is 290 g/mol. The van der Waals surface area contributed by atoms with Crippen molar-refractivity contribution in [2.45, 2.75) is 24.3 Å². The van der Waals surface area contributed by atoms with Gasteiger partial charge in [0.15, 0.2) is 0 Å². The molecule has 7 heteroatoms. The van der Waals surface area contributed by atoms with E-state index in [1.54, 1.807) is 18.4 Å². The molecule has 1 heterocycles. The second-order valence-corrected chi connectivity index (χ2v) is 6.04. The molecule has 1 saturated heterocycles. The summed E-state index contributed by atoms with van der Waals surface area (Å²) >= 11 is 1.30. The molecule has 0 spiro atoms. The maximum absolute atomic E-state index is 12.3. The van der Waals surface area contributed by atoms with Gasteiger partial charge in [0.2, 0.25) is 0 Å². The summed E-state index contributed by atoms with van der Waals surface area (Å²) in [6.45, 7) is 3.83. The van der Waals surface area contributed by atoms with Gasteiger partial charge in [0, 0.05) is 17.7 Å². The zero-order chi connectivity index (χ0) is 15.4. The molecule has 2 unspecified atom stereocenters. The van der Waals surface area contributed by atoms with E-state index in [4.69, 9.17) is 0 Å². The number of rotatable bonds is 4. The highest BCUT2D eigenvalue weighted by Gasteiger charge is 2.24. The number of piperidine rings is 1. The third-order valence-corrected chi connectivity index (χ3v) is 4.52. The molecule has 1 amide bonds. The maximum atomic E-state index is 12.3. The van der Waals surface area contributed by atoms with Crippen LogP contribution in [0.2, 0.25) is 0 Å². The lowest BCUT2D eigenvalue weighted by Gasteiger charge is -2.30. The van der Waals surface area contributed by atoms with Crippen molar-refractivity contribution >= 4 is 23.4 Å². The third kappa shape index (κ3) is 3.74. The zero-order valence-electron chi connectivity index (χ0n) is 12.1. The average Bonchev–Trinajstić information content (AvgIpc) is 2.48. The number of amides is 1. The van der Waals surface area contributed by atoms with Gasteiger partial charge in [-0.1, -0.05) is 6.92 Å². The Bertz CT molecular complexity index is 550. The largest absolute Gasteiger partial charge is 0.349 e. The van der Waals surface area contributed by atoms with Gasteiger partial charge in [0.05, 0.1) is 9.82 Å². The number of hydrogen-bond acceptors (Lipinski definition) is 5. The van der Waals surface area contributed by atoms with Crippen LogP contribution in [0.1, 0.15) is 23.7 Å². The number of nitrogens with zero attached hydrogens (tertiary/aromatic N) is 1. The van der Waals surface area contributed by atoms with E-state index in [1.807, 2.05) is 0 Å². The summed E-state index contributed by atoms with van der Waals surface area (Å²) in [7, 11) is 0. The molecule has 0 saturated carbocycles. The second-order valence-electron chi connectivity index (χ2n) is 5.19. The van der Waals surface area contributed by atoms with Crippen molar-refractivity contribution in [2.24, 2.45) is 5.92 Å². The predicted octanol–water partition coefficient (Wildman–Crippen LogP) is 2.04. The fourth-order valence-electron chi connectivity index (χ4n) is 2.45. The van der Waals surface area contributed by atoms with Crippen LogP contribution in [0.15, 0.2) is 23.1 Å². The van der Waals surface area contributed by atoms with Gasteiger partial charge in [-0.3, -0.25) is 14.9 Å². The fraction of sp³-hybridized carbons (Fsp3) is 0.500. The van der Waals surface area contributed by atoms with Gasteiger partial charge in [0.25, 0.3) is 11.6 Å². The molecule has 21 heavy (non-hydrogen) atoms. The van der Waals surface area contributed by atoms with Crippen LogP contribution >= 0.6 is 11.8 Å². The Balaban J connectivity index is 2.15. The number of benzene rings is 1. The number of carbonyl (C=O) groups is 1. The topological polar surface area (TPSA) is 84.3 Å². The average molecular weight is 309 g/mol. The van der Waals surface area contributed by atoms with E-state index in [-0.39, 0.29) is 17.6 Å². The maximum Gasteiger partial charge on any atom is 0.283 e. The number of nitro groups is 1. The van der Waals surface area contributed by atoms with Crippen molar-refractivity contribution in [1.82, 2.24) is 10.6 Å². The van der Waals surface area contributed by atoms with Crippen molar-refractivity contribution in [3.8, 4) is 0 Å². The second kappa shape index (κ2) is 6.91. The van der Waals surface area contributed by atoms with Gasteiger partial charge in [0.1, 0.15) is 0 Å². The molecule has 6 nitrogen and oxygen atoms in total. The number of thioether (sulfide) groups is 1. The minimum Gasteiger partial charge on any atom is -0.349 e. The lowest BCUT2D eigenvalue weighted by atomic mass is 9.95. The quantitative estimate of drug-likeness (QED) is 0.505. The van der Waals surface area contributed by atoms with Gasteiger partial charge >= 0.3 is 0 Å².